The standard InChI is InChI=1S/C15H25F3N6O.HI/c1-5-19-12(23-10-14(2,3)25-4)21-8-9-22-13-20-7-6-11(24-13)15(16,17)18;/h6-7H,5,8-10H2,1-4H3,(H2,19,21,23)(H,20,22,24);1H. The van der Waals surface area contributed by atoms with Gasteiger partial charge in [0, 0.05) is 32.9 Å². The summed E-state index contributed by atoms with van der Waals surface area (Å²) in [6.45, 7) is 7.69. The molecule has 0 fully saturated rings. The second kappa shape index (κ2) is 11.4. The molecule has 0 bridgehead atoms. The van der Waals surface area contributed by atoms with E-state index in [1.165, 1.54) is 0 Å². The van der Waals surface area contributed by atoms with Gasteiger partial charge in [-0.05, 0) is 26.8 Å². The third-order valence-corrected chi connectivity index (χ3v) is 3.16. The van der Waals surface area contributed by atoms with Crippen molar-refractivity contribution < 1.29 is 17.9 Å². The molecule has 0 aliphatic carbocycles. The van der Waals surface area contributed by atoms with Gasteiger partial charge in [-0.1, -0.05) is 0 Å². The first-order valence-electron chi connectivity index (χ1n) is 7.89. The van der Waals surface area contributed by atoms with Crippen LogP contribution in [0.3, 0.4) is 0 Å². The molecule has 3 N–H and O–H groups in total. The lowest BCUT2D eigenvalue weighted by Crippen LogP contribution is -2.41. The topological polar surface area (TPSA) is 83.5 Å². The van der Waals surface area contributed by atoms with E-state index >= 15 is 0 Å². The van der Waals surface area contributed by atoms with E-state index in [0.29, 0.717) is 32.1 Å². The van der Waals surface area contributed by atoms with Crippen molar-refractivity contribution in [3.05, 3.63) is 18.0 Å². The molecule has 1 aromatic rings. The molecule has 0 saturated heterocycles. The zero-order valence-corrected chi connectivity index (χ0v) is 17.6. The number of guanidine groups is 1. The van der Waals surface area contributed by atoms with Crippen LogP contribution >= 0.6 is 24.0 Å². The lowest BCUT2D eigenvalue weighted by Gasteiger charge is -2.21. The molecule has 0 aromatic carbocycles. The number of ether oxygens (including phenoxy) is 1. The maximum atomic E-state index is 12.6. The number of aliphatic imine (C=N–C) groups is 1. The highest BCUT2D eigenvalue weighted by Crippen LogP contribution is 2.27. The number of nitrogens with one attached hydrogen (secondary N) is 3. The van der Waals surface area contributed by atoms with Crippen LogP contribution in [-0.4, -0.2) is 54.8 Å². The van der Waals surface area contributed by atoms with Crippen molar-refractivity contribution >= 4 is 35.9 Å². The Morgan fingerprint density at radius 2 is 1.92 bits per heavy atom. The molecule has 150 valence electrons. The molecule has 0 amide bonds. The number of alkyl halides is 3. The molecule has 1 heterocycles. The summed E-state index contributed by atoms with van der Waals surface area (Å²) >= 11 is 0. The number of methoxy groups -OCH3 is 1. The smallest absolute Gasteiger partial charge is 0.377 e. The van der Waals surface area contributed by atoms with Gasteiger partial charge in [0.15, 0.2) is 5.96 Å². The summed E-state index contributed by atoms with van der Waals surface area (Å²) in [5.74, 6) is 0.526. The molecule has 0 unspecified atom stereocenters. The first kappa shape index (κ1) is 24.6. The summed E-state index contributed by atoms with van der Waals surface area (Å²) in [6, 6.07) is 0.830. The van der Waals surface area contributed by atoms with Gasteiger partial charge in [-0.3, -0.25) is 4.99 Å². The van der Waals surface area contributed by atoms with Crippen molar-refractivity contribution in [1.82, 2.24) is 20.6 Å². The van der Waals surface area contributed by atoms with Crippen LogP contribution in [0.1, 0.15) is 26.5 Å². The minimum atomic E-state index is -4.49. The summed E-state index contributed by atoms with van der Waals surface area (Å²) in [5, 5.41) is 8.90. The van der Waals surface area contributed by atoms with Gasteiger partial charge in [0.1, 0.15) is 5.69 Å². The Morgan fingerprint density at radius 1 is 1.23 bits per heavy atom. The monoisotopic (exact) mass is 490 g/mol. The fourth-order valence-electron chi connectivity index (χ4n) is 1.63. The normalized spacial score (nSPS) is 12.3. The lowest BCUT2D eigenvalue weighted by atomic mass is 10.1. The van der Waals surface area contributed by atoms with E-state index in [1.54, 1.807) is 7.11 Å². The average Bonchev–Trinajstić information content (AvgIpc) is 2.56. The van der Waals surface area contributed by atoms with Gasteiger partial charge < -0.3 is 20.7 Å². The first-order chi connectivity index (χ1) is 11.7. The van der Waals surface area contributed by atoms with Crippen molar-refractivity contribution in [2.45, 2.75) is 32.5 Å². The van der Waals surface area contributed by atoms with Crippen molar-refractivity contribution in [1.29, 1.82) is 0 Å². The van der Waals surface area contributed by atoms with E-state index in [2.05, 4.69) is 30.9 Å². The van der Waals surface area contributed by atoms with E-state index in [9.17, 15) is 13.2 Å². The lowest BCUT2D eigenvalue weighted by molar-refractivity contribution is -0.141. The molecule has 7 nitrogen and oxygen atoms in total. The van der Waals surface area contributed by atoms with Crippen molar-refractivity contribution in [2.24, 2.45) is 4.99 Å². The van der Waals surface area contributed by atoms with Crippen LogP contribution in [0.5, 0.6) is 0 Å². The summed E-state index contributed by atoms with van der Waals surface area (Å²) in [7, 11) is 1.62. The SMILES string of the molecule is CCNC(=NCC(C)(C)OC)NCCNc1nccc(C(F)(F)F)n1.I. The number of aromatic nitrogens is 2. The molecule has 1 aromatic heterocycles. The van der Waals surface area contributed by atoms with E-state index in [1.807, 2.05) is 20.8 Å². The Balaban J connectivity index is 0.00000625. The molecule has 0 saturated carbocycles. The Hall–Kier alpha value is -1.37. The summed E-state index contributed by atoms with van der Waals surface area (Å²) < 4.78 is 43.1. The van der Waals surface area contributed by atoms with Crippen molar-refractivity contribution in [2.75, 3.05) is 38.6 Å². The highest BCUT2D eigenvalue weighted by atomic mass is 127. The Bertz CT molecular complexity index is 569. The number of rotatable bonds is 8. The third-order valence-electron chi connectivity index (χ3n) is 3.16. The molecule has 11 heteroatoms. The van der Waals surface area contributed by atoms with Gasteiger partial charge in [-0.2, -0.15) is 13.2 Å². The van der Waals surface area contributed by atoms with Crippen LogP contribution in [0.25, 0.3) is 0 Å². The highest BCUT2D eigenvalue weighted by Gasteiger charge is 2.32. The quantitative estimate of drug-likeness (QED) is 0.225. The third kappa shape index (κ3) is 9.36. The molecule has 26 heavy (non-hydrogen) atoms. The van der Waals surface area contributed by atoms with E-state index in [4.69, 9.17) is 4.74 Å². The number of halogens is 4. The highest BCUT2D eigenvalue weighted by molar-refractivity contribution is 14.0. The van der Waals surface area contributed by atoms with Crippen LogP contribution < -0.4 is 16.0 Å². The number of hydrogen-bond donors (Lipinski definition) is 3. The molecule has 0 radical (unpaired) electrons. The van der Waals surface area contributed by atoms with Gasteiger partial charge in [0.05, 0.1) is 12.1 Å². The number of anilines is 1. The van der Waals surface area contributed by atoms with Crippen molar-refractivity contribution in [3.8, 4) is 0 Å². The molecule has 0 aliphatic rings. The van der Waals surface area contributed by atoms with E-state index in [-0.39, 0.29) is 35.5 Å². The molecule has 0 atom stereocenters. The fourth-order valence-corrected chi connectivity index (χ4v) is 1.63. The predicted octanol–water partition coefficient (Wildman–Crippen LogP) is 2.51. The first-order valence-corrected chi connectivity index (χ1v) is 7.89. The van der Waals surface area contributed by atoms with Gasteiger partial charge >= 0.3 is 6.18 Å². The Morgan fingerprint density at radius 3 is 2.50 bits per heavy atom. The number of hydrogen-bond acceptors (Lipinski definition) is 5. The predicted molar refractivity (Wildman–Crippen MR) is 106 cm³/mol. The van der Waals surface area contributed by atoms with Gasteiger partial charge in [-0.25, -0.2) is 9.97 Å². The van der Waals surface area contributed by atoms with Crippen LogP contribution in [-0.2, 0) is 10.9 Å². The van der Waals surface area contributed by atoms with E-state index < -0.39 is 11.9 Å². The van der Waals surface area contributed by atoms with Gasteiger partial charge in [0.2, 0.25) is 5.95 Å². The number of nitrogens with zero attached hydrogens (tertiary/aromatic N) is 3. The maximum Gasteiger partial charge on any atom is 0.433 e. The van der Waals surface area contributed by atoms with Crippen LogP contribution in [0.4, 0.5) is 19.1 Å². The Labute approximate surface area is 168 Å². The van der Waals surface area contributed by atoms with Crippen LogP contribution in [0.2, 0.25) is 0 Å². The summed E-state index contributed by atoms with van der Waals surface area (Å²) in [6.07, 6.45) is -3.42. The summed E-state index contributed by atoms with van der Waals surface area (Å²) in [4.78, 5) is 11.6. The minimum Gasteiger partial charge on any atom is -0.377 e. The largest absolute Gasteiger partial charge is 0.433 e. The summed E-state index contributed by atoms with van der Waals surface area (Å²) in [5.41, 5.74) is -1.36. The van der Waals surface area contributed by atoms with Crippen LogP contribution in [0.15, 0.2) is 17.3 Å². The van der Waals surface area contributed by atoms with Gasteiger partial charge in [0.25, 0.3) is 0 Å². The second-order valence-corrected chi connectivity index (χ2v) is 5.78. The zero-order valence-electron chi connectivity index (χ0n) is 15.3. The molecule has 1 rings (SSSR count). The van der Waals surface area contributed by atoms with Gasteiger partial charge in [-0.15, -0.1) is 24.0 Å². The minimum absolute atomic E-state index is 0. The van der Waals surface area contributed by atoms with Crippen molar-refractivity contribution in [3.63, 3.8) is 0 Å². The van der Waals surface area contributed by atoms with E-state index in [0.717, 1.165) is 12.3 Å². The second-order valence-electron chi connectivity index (χ2n) is 5.78. The Kier molecular flexibility index (Phi) is 10.8. The molecule has 0 spiro atoms. The molecule has 0 aliphatic heterocycles. The molecular formula is C15H26F3IN6O. The van der Waals surface area contributed by atoms with Crippen LogP contribution in [0, 0.1) is 0 Å². The maximum absolute atomic E-state index is 12.6. The average molecular weight is 490 g/mol. The fraction of sp³-hybridized carbons (Fsp3) is 0.667. The zero-order chi connectivity index (χ0) is 18.9. The molecular weight excluding hydrogens is 464 g/mol.